The van der Waals surface area contributed by atoms with Crippen molar-refractivity contribution in [2.45, 2.75) is 6.92 Å². The zero-order valence-electron chi connectivity index (χ0n) is 18.7. The van der Waals surface area contributed by atoms with Gasteiger partial charge >= 0.3 is 0 Å². The minimum Gasteiger partial charge on any atom is -0.497 e. The molecule has 4 aromatic rings. The van der Waals surface area contributed by atoms with Crippen LogP contribution in [0.15, 0.2) is 55.0 Å². The maximum atomic E-state index is 9.71. The lowest BCUT2D eigenvalue weighted by molar-refractivity contribution is 0.241. The standard InChI is InChI=1S/C24H27N5O3/c1-16(15-30)13-29(19-7-20(31-3)10-21(8-19)32-4)18-5-6-22-23(9-18)27-24(12-25-22)17-11-26-28(2)14-17/h5-12,14,16,30H,13,15H2,1-4H3/t16-/m1/s1. The van der Waals surface area contributed by atoms with E-state index in [-0.39, 0.29) is 12.5 Å². The van der Waals surface area contributed by atoms with Crippen LogP contribution in [0.25, 0.3) is 22.3 Å². The van der Waals surface area contributed by atoms with Crippen LogP contribution in [0, 0.1) is 5.92 Å². The molecule has 0 unspecified atom stereocenters. The normalized spacial score (nSPS) is 12.0. The van der Waals surface area contributed by atoms with E-state index in [2.05, 4.69) is 15.0 Å². The highest BCUT2D eigenvalue weighted by Gasteiger charge is 2.17. The first-order chi connectivity index (χ1) is 15.5. The Kier molecular flexibility index (Phi) is 6.23. The lowest BCUT2D eigenvalue weighted by Gasteiger charge is -2.28. The van der Waals surface area contributed by atoms with Crippen LogP contribution in [0.5, 0.6) is 11.5 Å². The third-order valence-electron chi connectivity index (χ3n) is 5.29. The number of fused-ring (bicyclic) bond motifs is 1. The highest BCUT2D eigenvalue weighted by atomic mass is 16.5. The van der Waals surface area contributed by atoms with Gasteiger partial charge in [0.1, 0.15) is 11.5 Å². The summed E-state index contributed by atoms with van der Waals surface area (Å²) in [5, 5.41) is 13.9. The Morgan fingerprint density at radius 3 is 2.38 bits per heavy atom. The van der Waals surface area contributed by atoms with Gasteiger partial charge in [0.15, 0.2) is 0 Å². The molecule has 0 bridgehead atoms. The molecule has 4 rings (SSSR count). The van der Waals surface area contributed by atoms with Crippen molar-refractivity contribution in [3.05, 3.63) is 55.0 Å². The van der Waals surface area contributed by atoms with Gasteiger partial charge in [0.2, 0.25) is 0 Å². The maximum absolute atomic E-state index is 9.71. The van der Waals surface area contributed by atoms with Gasteiger partial charge < -0.3 is 19.5 Å². The summed E-state index contributed by atoms with van der Waals surface area (Å²) >= 11 is 0. The summed E-state index contributed by atoms with van der Waals surface area (Å²) in [7, 11) is 5.13. The van der Waals surface area contributed by atoms with Crippen LogP contribution in [-0.4, -0.2) is 52.2 Å². The van der Waals surface area contributed by atoms with Gasteiger partial charge in [-0.3, -0.25) is 9.67 Å². The molecule has 1 N–H and O–H groups in total. The monoisotopic (exact) mass is 433 g/mol. The van der Waals surface area contributed by atoms with Crippen molar-refractivity contribution in [1.82, 2.24) is 19.7 Å². The molecule has 8 heteroatoms. The molecule has 2 aromatic carbocycles. The minimum absolute atomic E-state index is 0.0516. The Morgan fingerprint density at radius 2 is 1.75 bits per heavy atom. The number of nitrogens with zero attached hydrogens (tertiary/aromatic N) is 5. The van der Waals surface area contributed by atoms with Crippen LogP contribution in [0.1, 0.15) is 6.92 Å². The van der Waals surface area contributed by atoms with Crippen molar-refractivity contribution in [3.63, 3.8) is 0 Å². The molecule has 0 aliphatic rings. The van der Waals surface area contributed by atoms with E-state index in [4.69, 9.17) is 14.5 Å². The topological polar surface area (TPSA) is 85.5 Å². The maximum Gasteiger partial charge on any atom is 0.124 e. The van der Waals surface area contributed by atoms with Crippen LogP contribution in [0.3, 0.4) is 0 Å². The Hall–Kier alpha value is -3.65. The van der Waals surface area contributed by atoms with E-state index >= 15 is 0 Å². The Balaban J connectivity index is 1.80. The van der Waals surface area contributed by atoms with Crippen molar-refractivity contribution in [1.29, 1.82) is 0 Å². The van der Waals surface area contributed by atoms with E-state index in [1.54, 1.807) is 31.3 Å². The SMILES string of the molecule is COc1cc(OC)cc(N(C[C@@H](C)CO)c2ccc3ncc(-c4cnn(C)c4)nc3c2)c1. The van der Waals surface area contributed by atoms with Gasteiger partial charge in [0.05, 0.1) is 43.3 Å². The molecular weight excluding hydrogens is 406 g/mol. The number of hydrogen-bond donors (Lipinski definition) is 1. The van der Waals surface area contributed by atoms with Crippen molar-refractivity contribution in [3.8, 4) is 22.8 Å². The van der Waals surface area contributed by atoms with E-state index in [9.17, 15) is 5.11 Å². The summed E-state index contributed by atoms with van der Waals surface area (Å²) in [6, 6.07) is 11.7. The first kappa shape index (κ1) is 21.6. The number of benzene rings is 2. The van der Waals surface area contributed by atoms with Gasteiger partial charge in [0, 0.05) is 61.5 Å². The molecular formula is C24H27N5O3. The Morgan fingerprint density at radius 1 is 1.00 bits per heavy atom. The molecule has 0 saturated carbocycles. The quantitative estimate of drug-likeness (QED) is 0.452. The zero-order chi connectivity index (χ0) is 22.7. The second-order valence-electron chi connectivity index (χ2n) is 7.80. The molecule has 1 atom stereocenters. The zero-order valence-corrected chi connectivity index (χ0v) is 18.7. The van der Waals surface area contributed by atoms with Crippen molar-refractivity contribution < 1.29 is 14.6 Å². The predicted octanol–water partition coefficient (Wildman–Crippen LogP) is 3.81. The number of anilines is 2. The number of rotatable bonds is 8. The first-order valence-corrected chi connectivity index (χ1v) is 10.4. The molecule has 0 radical (unpaired) electrons. The highest BCUT2D eigenvalue weighted by molar-refractivity contribution is 5.82. The molecule has 0 saturated heterocycles. The predicted molar refractivity (Wildman–Crippen MR) is 125 cm³/mol. The number of aromatic nitrogens is 4. The smallest absolute Gasteiger partial charge is 0.124 e. The average molecular weight is 434 g/mol. The van der Waals surface area contributed by atoms with E-state index in [1.165, 1.54) is 0 Å². The molecule has 0 aliphatic carbocycles. The molecule has 8 nitrogen and oxygen atoms in total. The largest absolute Gasteiger partial charge is 0.497 e. The minimum atomic E-state index is 0.0516. The molecule has 0 spiro atoms. The molecule has 0 fully saturated rings. The van der Waals surface area contributed by atoms with E-state index in [1.807, 2.05) is 56.6 Å². The number of aliphatic hydroxyl groups is 1. The van der Waals surface area contributed by atoms with Gasteiger partial charge in [-0.05, 0) is 24.1 Å². The van der Waals surface area contributed by atoms with E-state index in [0.29, 0.717) is 18.0 Å². The molecule has 32 heavy (non-hydrogen) atoms. The van der Waals surface area contributed by atoms with Crippen LogP contribution in [-0.2, 0) is 7.05 Å². The fraction of sp³-hybridized carbons (Fsp3) is 0.292. The van der Waals surface area contributed by atoms with Gasteiger partial charge in [-0.15, -0.1) is 0 Å². The average Bonchev–Trinajstić information content (AvgIpc) is 3.27. The van der Waals surface area contributed by atoms with Crippen LogP contribution >= 0.6 is 0 Å². The lowest BCUT2D eigenvalue weighted by Crippen LogP contribution is -2.25. The van der Waals surface area contributed by atoms with Gasteiger partial charge in [-0.25, -0.2) is 4.98 Å². The van der Waals surface area contributed by atoms with E-state index < -0.39 is 0 Å². The van der Waals surface area contributed by atoms with Crippen LogP contribution in [0.2, 0.25) is 0 Å². The Labute approximate surface area is 187 Å². The summed E-state index contributed by atoms with van der Waals surface area (Å²) in [5.74, 6) is 1.44. The van der Waals surface area contributed by atoms with Crippen molar-refractivity contribution in [2.75, 3.05) is 32.3 Å². The number of aliphatic hydroxyl groups excluding tert-OH is 1. The fourth-order valence-electron chi connectivity index (χ4n) is 3.54. The van der Waals surface area contributed by atoms with Crippen LogP contribution in [0.4, 0.5) is 11.4 Å². The van der Waals surface area contributed by atoms with E-state index in [0.717, 1.165) is 33.7 Å². The number of aryl methyl sites for hydroxylation is 1. The summed E-state index contributed by atoms with van der Waals surface area (Å²) in [5.41, 5.74) is 5.10. The fourth-order valence-corrected chi connectivity index (χ4v) is 3.54. The molecule has 2 aromatic heterocycles. The number of hydrogen-bond acceptors (Lipinski definition) is 7. The second kappa shape index (κ2) is 9.23. The Bertz CT molecular complexity index is 1200. The molecule has 0 aliphatic heterocycles. The van der Waals surface area contributed by atoms with Crippen molar-refractivity contribution in [2.24, 2.45) is 13.0 Å². The third kappa shape index (κ3) is 4.50. The summed E-state index contributed by atoms with van der Waals surface area (Å²) in [6.07, 6.45) is 5.45. The molecule has 2 heterocycles. The lowest BCUT2D eigenvalue weighted by atomic mass is 10.1. The number of methoxy groups -OCH3 is 2. The second-order valence-corrected chi connectivity index (χ2v) is 7.80. The van der Waals surface area contributed by atoms with Gasteiger partial charge in [-0.1, -0.05) is 6.92 Å². The number of ether oxygens (including phenoxy) is 2. The van der Waals surface area contributed by atoms with Crippen LogP contribution < -0.4 is 14.4 Å². The third-order valence-corrected chi connectivity index (χ3v) is 5.29. The van der Waals surface area contributed by atoms with Crippen molar-refractivity contribution >= 4 is 22.4 Å². The summed E-state index contributed by atoms with van der Waals surface area (Å²) < 4.78 is 12.7. The molecule has 166 valence electrons. The van der Waals surface area contributed by atoms with Gasteiger partial charge in [0.25, 0.3) is 0 Å². The highest BCUT2D eigenvalue weighted by Crippen LogP contribution is 2.34. The summed E-state index contributed by atoms with van der Waals surface area (Å²) in [4.78, 5) is 11.5. The molecule has 0 amide bonds. The van der Waals surface area contributed by atoms with Gasteiger partial charge in [-0.2, -0.15) is 5.10 Å². The summed E-state index contributed by atoms with van der Waals surface area (Å²) in [6.45, 7) is 2.69. The first-order valence-electron chi connectivity index (χ1n) is 10.4.